The van der Waals surface area contributed by atoms with Gasteiger partial charge in [0.15, 0.2) is 0 Å². The zero-order valence-corrected chi connectivity index (χ0v) is 13.8. The zero-order chi connectivity index (χ0) is 15.1. The van der Waals surface area contributed by atoms with Crippen molar-refractivity contribution in [2.24, 2.45) is 5.92 Å². The molecule has 0 aromatic carbocycles. The first-order chi connectivity index (χ1) is 10.2. The van der Waals surface area contributed by atoms with Gasteiger partial charge in [-0.3, -0.25) is 0 Å². The lowest BCUT2D eigenvalue weighted by molar-refractivity contribution is 0.523. The van der Waals surface area contributed by atoms with Gasteiger partial charge in [-0.2, -0.15) is 0 Å². The quantitative estimate of drug-likeness (QED) is 0.626. The fourth-order valence-electron chi connectivity index (χ4n) is 2.46. The zero-order valence-electron chi connectivity index (χ0n) is 13.8. The van der Waals surface area contributed by atoms with Crippen molar-refractivity contribution in [2.75, 3.05) is 24.2 Å². The van der Waals surface area contributed by atoms with Crippen LogP contribution in [0.25, 0.3) is 0 Å². The lowest BCUT2D eigenvalue weighted by atomic mass is 10.0. The van der Waals surface area contributed by atoms with Crippen LogP contribution in [-0.4, -0.2) is 23.6 Å². The second kappa shape index (κ2) is 8.20. The van der Waals surface area contributed by atoms with Crippen molar-refractivity contribution in [3.05, 3.63) is 11.9 Å². The molecule has 0 radical (unpaired) electrons. The number of hydrogen-bond donors (Lipinski definition) is 2. The topological polar surface area (TPSA) is 49.8 Å². The summed E-state index contributed by atoms with van der Waals surface area (Å²) in [7, 11) is 1.91. The molecule has 0 atom stereocenters. The van der Waals surface area contributed by atoms with Crippen LogP contribution in [0.1, 0.15) is 70.5 Å². The molecule has 0 amide bonds. The molecule has 1 aliphatic rings. The molecule has 0 saturated heterocycles. The molecule has 1 aromatic heterocycles. The van der Waals surface area contributed by atoms with Crippen molar-refractivity contribution in [3.8, 4) is 0 Å². The van der Waals surface area contributed by atoms with Crippen LogP contribution < -0.4 is 10.6 Å². The van der Waals surface area contributed by atoms with Gasteiger partial charge in [-0.15, -0.1) is 0 Å². The Labute approximate surface area is 129 Å². The Hall–Kier alpha value is -1.32. The third-order valence-corrected chi connectivity index (χ3v) is 3.96. The molecular formula is C17H30N4. The van der Waals surface area contributed by atoms with Crippen LogP contribution in [0.5, 0.6) is 0 Å². The number of aromatic nitrogens is 2. The van der Waals surface area contributed by atoms with Crippen molar-refractivity contribution in [3.63, 3.8) is 0 Å². The van der Waals surface area contributed by atoms with Crippen molar-refractivity contribution < 1.29 is 0 Å². The molecule has 0 unspecified atom stereocenters. The molecule has 1 heterocycles. The molecule has 2 rings (SSSR count). The second-order valence-corrected chi connectivity index (χ2v) is 6.54. The van der Waals surface area contributed by atoms with E-state index in [4.69, 9.17) is 0 Å². The van der Waals surface area contributed by atoms with E-state index in [0.717, 1.165) is 29.9 Å². The first-order valence-electron chi connectivity index (χ1n) is 8.49. The Morgan fingerprint density at radius 1 is 1.10 bits per heavy atom. The highest BCUT2D eigenvalue weighted by molar-refractivity contribution is 5.47. The molecule has 1 fully saturated rings. The summed E-state index contributed by atoms with van der Waals surface area (Å²) in [5.74, 6) is 4.32. The van der Waals surface area contributed by atoms with Gasteiger partial charge in [0.1, 0.15) is 17.5 Å². The predicted octanol–water partition coefficient (Wildman–Crippen LogP) is 4.41. The lowest BCUT2D eigenvalue weighted by Crippen LogP contribution is -2.07. The molecule has 4 heteroatoms. The van der Waals surface area contributed by atoms with Gasteiger partial charge in [0.25, 0.3) is 0 Å². The average molecular weight is 290 g/mol. The van der Waals surface area contributed by atoms with E-state index in [1.54, 1.807) is 0 Å². The van der Waals surface area contributed by atoms with E-state index >= 15 is 0 Å². The van der Waals surface area contributed by atoms with Crippen molar-refractivity contribution in [2.45, 2.75) is 64.7 Å². The summed E-state index contributed by atoms with van der Waals surface area (Å²) >= 11 is 0. The first-order valence-corrected chi connectivity index (χ1v) is 8.49. The summed E-state index contributed by atoms with van der Waals surface area (Å²) in [6.07, 6.45) is 9.06. The average Bonchev–Trinajstić information content (AvgIpc) is 3.30. The van der Waals surface area contributed by atoms with Crippen LogP contribution in [-0.2, 0) is 0 Å². The van der Waals surface area contributed by atoms with Gasteiger partial charge in [0, 0.05) is 25.6 Å². The van der Waals surface area contributed by atoms with Gasteiger partial charge in [0.05, 0.1) is 0 Å². The molecule has 1 saturated carbocycles. The van der Waals surface area contributed by atoms with Crippen LogP contribution in [0, 0.1) is 5.92 Å². The number of hydrogen-bond acceptors (Lipinski definition) is 4. The van der Waals surface area contributed by atoms with E-state index in [0.29, 0.717) is 5.92 Å². The minimum Gasteiger partial charge on any atom is -0.373 e. The van der Waals surface area contributed by atoms with E-state index < -0.39 is 0 Å². The molecule has 1 aromatic rings. The number of nitrogens with one attached hydrogen (secondary N) is 2. The molecule has 2 N–H and O–H groups in total. The van der Waals surface area contributed by atoms with Gasteiger partial charge in [-0.05, 0) is 25.2 Å². The van der Waals surface area contributed by atoms with Crippen LogP contribution >= 0.6 is 0 Å². The predicted molar refractivity (Wildman–Crippen MR) is 90.0 cm³/mol. The maximum Gasteiger partial charge on any atom is 0.136 e. The monoisotopic (exact) mass is 290 g/mol. The summed E-state index contributed by atoms with van der Waals surface area (Å²) in [4.78, 5) is 9.18. The number of anilines is 2. The van der Waals surface area contributed by atoms with Gasteiger partial charge < -0.3 is 10.6 Å². The maximum absolute atomic E-state index is 4.64. The highest BCUT2D eigenvalue weighted by Crippen LogP contribution is 2.38. The molecule has 0 aliphatic heterocycles. The molecular weight excluding hydrogens is 260 g/mol. The summed E-state index contributed by atoms with van der Waals surface area (Å²) in [6, 6.07) is 2.00. The molecule has 4 nitrogen and oxygen atoms in total. The van der Waals surface area contributed by atoms with Crippen LogP contribution in [0.4, 0.5) is 11.6 Å². The number of rotatable bonds is 10. The highest BCUT2D eigenvalue weighted by Gasteiger charge is 2.27. The van der Waals surface area contributed by atoms with Gasteiger partial charge in [-0.25, -0.2) is 9.97 Å². The van der Waals surface area contributed by atoms with E-state index in [-0.39, 0.29) is 0 Å². The fourth-order valence-corrected chi connectivity index (χ4v) is 2.46. The fraction of sp³-hybridized carbons (Fsp3) is 0.765. The molecule has 0 spiro atoms. The van der Waals surface area contributed by atoms with Crippen molar-refractivity contribution in [1.82, 2.24) is 9.97 Å². The Kier molecular flexibility index (Phi) is 6.27. The van der Waals surface area contributed by atoms with Gasteiger partial charge >= 0.3 is 0 Å². The Morgan fingerprint density at radius 2 is 1.81 bits per heavy atom. The van der Waals surface area contributed by atoms with E-state index in [1.807, 2.05) is 13.1 Å². The van der Waals surface area contributed by atoms with Crippen molar-refractivity contribution in [1.29, 1.82) is 0 Å². The van der Waals surface area contributed by atoms with Gasteiger partial charge in [-0.1, -0.05) is 39.5 Å². The summed E-state index contributed by atoms with van der Waals surface area (Å²) in [5, 5.41) is 6.58. The Bertz CT molecular complexity index is 427. The standard InChI is InChI=1S/C17H30N4/c1-13(2)8-6-4-5-7-11-19-16-12-15(18-3)20-17(21-16)14-9-10-14/h12-14H,4-11H2,1-3H3,(H2,18,19,20,21). The van der Waals surface area contributed by atoms with E-state index in [2.05, 4.69) is 34.4 Å². The molecule has 118 valence electrons. The Morgan fingerprint density at radius 3 is 2.48 bits per heavy atom. The number of unbranched alkanes of at least 4 members (excludes halogenated alkanes) is 3. The third-order valence-electron chi connectivity index (χ3n) is 3.96. The first kappa shape index (κ1) is 16.1. The summed E-state index contributed by atoms with van der Waals surface area (Å²) in [5.41, 5.74) is 0. The Balaban J connectivity index is 1.69. The minimum absolute atomic E-state index is 0.592. The number of nitrogens with zero attached hydrogens (tertiary/aromatic N) is 2. The SMILES string of the molecule is CNc1cc(NCCCCCCC(C)C)nc(C2CC2)n1. The minimum atomic E-state index is 0.592. The molecule has 21 heavy (non-hydrogen) atoms. The van der Waals surface area contributed by atoms with Crippen molar-refractivity contribution >= 4 is 11.6 Å². The smallest absolute Gasteiger partial charge is 0.136 e. The van der Waals surface area contributed by atoms with Crippen LogP contribution in [0.2, 0.25) is 0 Å². The van der Waals surface area contributed by atoms with Crippen LogP contribution in [0.3, 0.4) is 0 Å². The second-order valence-electron chi connectivity index (χ2n) is 6.54. The van der Waals surface area contributed by atoms with E-state index in [9.17, 15) is 0 Å². The van der Waals surface area contributed by atoms with Crippen LogP contribution in [0.15, 0.2) is 6.07 Å². The molecule has 0 bridgehead atoms. The summed E-state index contributed by atoms with van der Waals surface area (Å²) in [6.45, 7) is 5.60. The lowest BCUT2D eigenvalue weighted by Gasteiger charge is -2.09. The largest absolute Gasteiger partial charge is 0.373 e. The van der Waals surface area contributed by atoms with Gasteiger partial charge in [0.2, 0.25) is 0 Å². The third kappa shape index (κ3) is 5.90. The van der Waals surface area contributed by atoms with E-state index in [1.165, 1.54) is 44.9 Å². The summed E-state index contributed by atoms with van der Waals surface area (Å²) < 4.78 is 0. The highest BCUT2D eigenvalue weighted by atomic mass is 15.1. The maximum atomic E-state index is 4.64. The normalized spacial score (nSPS) is 14.5. The molecule has 1 aliphatic carbocycles.